The van der Waals surface area contributed by atoms with E-state index >= 15 is 0 Å². The quantitative estimate of drug-likeness (QED) is 0.711. The Labute approximate surface area is 173 Å². The molecule has 0 saturated carbocycles. The van der Waals surface area contributed by atoms with Gasteiger partial charge in [-0.3, -0.25) is 4.79 Å². The van der Waals surface area contributed by atoms with Crippen molar-refractivity contribution in [2.24, 2.45) is 4.99 Å². The highest BCUT2D eigenvalue weighted by Gasteiger charge is 2.28. The summed E-state index contributed by atoms with van der Waals surface area (Å²) in [6, 6.07) is 14.2. The van der Waals surface area contributed by atoms with E-state index in [9.17, 15) is 9.18 Å². The Morgan fingerprint density at radius 1 is 1.07 bits per heavy atom. The summed E-state index contributed by atoms with van der Waals surface area (Å²) in [4.78, 5) is 21.6. The maximum atomic E-state index is 13.1. The maximum absolute atomic E-state index is 13.1. The minimum Gasteiger partial charge on any atom is -0.493 e. The van der Waals surface area contributed by atoms with Crippen LogP contribution in [-0.4, -0.2) is 48.8 Å². The second-order valence-electron chi connectivity index (χ2n) is 6.73. The number of carbonyl (C=O) groups is 1. The van der Waals surface area contributed by atoms with Crippen LogP contribution in [0.25, 0.3) is 6.08 Å². The first-order chi connectivity index (χ1) is 14.1. The molecule has 0 unspecified atom stereocenters. The number of carbonyl (C=O) groups excluding carboxylic acids is 1. The van der Waals surface area contributed by atoms with Crippen molar-refractivity contribution in [2.45, 2.75) is 6.92 Å². The lowest BCUT2D eigenvalue weighted by atomic mass is 10.2. The number of halogens is 1. The minimum absolute atomic E-state index is 0.211. The molecule has 1 fully saturated rings. The van der Waals surface area contributed by atoms with Gasteiger partial charge < -0.3 is 14.5 Å². The molecule has 2 aliphatic rings. The SMILES string of the molecule is CCOc1ccccc1C=C1SC(N2CCN(c3ccc(F)cc3)CC2)=NC1=O. The lowest BCUT2D eigenvalue weighted by Crippen LogP contribution is -2.47. The monoisotopic (exact) mass is 411 g/mol. The molecule has 4 rings (SSSR count). The number of benzene rings is 2. The van der Waals surface area contributed by atoms with Crippen LogP contribution in [0.4, 0.5) is 10.1 Å². The maximum Gasteiger partial charge on any atom is 0.286 e. The summed E-state index contributed by atoms with van der Waals surface area (Å²) in [5.41, 5.74) is 1.89. The molecule has 0 aromatic heterocycles. The predicted octanol–water partition coefficient (Wildman–Crippen LogP) is 4.02. The fourth-order valence-corrected chi connectivity index (χ4v) is 4.32. The summed E-state index contributed by atoms with van der Waals surface area (Å²) in [6.07, 6.45) is 1.85. The number of aliphatic imine (C=N–C) groups is 1. The zero-order valence-electron chi connectivity index (χ0n) is 16.2. The molecule has 2 aromatic rings. The van der Waals surface area contributed by atoms with Gasteiger partial charge in [-0.2, -0.15) is 4.99 Å². The second kappa shape index (κ2) is 8.69. The van der Waals surface area contributed by atoms with Gasteiger partial charge in [0.25, 0.3) is 5.91 Å². The molecule has 0 radical (unpaired) electrons. The third kappa shape index (κ3) is 4.45. The number of rotatable bonds is 4. The van der Waals surface area contributed by atoms with Crippen molar-refractivity contribution in [3.05, 3.63) is 64.8 Å². The van der Waals surface area contributed by atoms with Crippen LogP contribution in [-0.2, 0) is 4.79 Å². The molecular weight excluding hydrogens is 389 g/mol. The fraction of sp³-hybridized carbons (Fsp3) is 0.273. The van der Waals surface area contributed by atoms with Crippen molar-refractivity contribution in [2.75, 3.05) is 37.7 Å². The lowest BCUT2D eigenvalue weighted by molar-refractivity contribution is -0.113. The number of nitrogens with zero attached hydrogens (tertiary/aromatic N) is 3. The Hall–Kier alpha value is -2.80. The predicted molar refractivity (Wildman–Crippen MR) is 116 cm³/mol. The van der Waals surface area contributed by atoms with Crippen molar-refractivity contribution < 1.29 is 13.9 Å². The van der Waals surface area contributed by atoms with Crippen LogP contribution < -0.4 is 9.64 Å². The zero-order valence-corrected chi connectivity index (χ0v) is 17.0. The molecule has 0 aliphatic carbocycles. The van der Waals surface area contributed by atoms with Crippen LogP contribution in [0.15, 0.2) is 58.4 Å². The number of amidine groups is 1. The summed E-state index contributed by atoms with van der Waals surface area (Å²) in [5.74, 6) is 0.322. The third-order valence-corrected chi connectivity index (χ3v) is 5.90. The Kier molecular flexibility index (Phi) is 5.85. The molecule has 0 N–H and O–H groups in total. The normalized spacial score (nSPS) is 18.3. The number of ether oxygens (including phenoxy) is 1. The summed E-state index contributed by atoms with van der Waals surface area (Å²) < 4.78 is 18.8. The molecule has 1 saturated heterocycles. The average Bonchev–Trinajstić information content (AvgIpc) is 3.11. The molecule has 5 nitrogen and oxygen atoms in total. The van der Waals surface area contributed by atoms with Crippen molar-refractivity contribution in [1.29, 1.82) is 0 Å². The summed E-state index contributed by atoms with van der Waals surface area (Å²) in [6.45, 7) is 5.63. The van der Waals surface area contributed by atoms with Crippen molar-refractivity contribution >= 4 is 34.6 Å². The van der Waals surface area contributed by atoms with E-state index in [0.717, 1.165) is 48.3 Å². The standard InChI is InChI=1S/C22H22FN3O2S/c1-2-28-19-6-4-3-5-16(19)15-20-21(27)24-22(29-20)26-13-11-25(12-14-26)18-9-7-17(23)8-10-18/h3-10,15H,2,11-14H2,1H3. The molecule has 0 bridgehead atoms. The number of hydrogen-bond acceptors (Lipinski definition) is 5. The van der Waals surface area contributed by atoms with Crippen molar-refractivity contribution in [3.8, 4) is 5.75 Å². The van der Waals surface area contributed by atoms with Crippen LogP contribution in [0.5, 0.6) is 5.75 Å². The highest BCUT2D eigenvalue weighted by molar-refractivity contribution is 8.18. The van der Waals surface area contributed by atoms with Gasteiger partial charge in [-0.1, -0.05) is 18.2 Å². The van der Waals surface area contributed by atoms with Gasteiger partial charge in [-0.25, -0.2) is 4.39 Å². The van der Waals surface area contributed by atoms with Crippen LogP contribution in [0, 0.1) is 5.82 Å². The molecular formula is C22H22FN3O2S. The number of thioether (sulfide) groups is 1. The van der Waals surface area contributed by atoms with Gasteiger partial charge >= 0.3 is 0 Å². The third-order valence-electron chi connectivity index (χ3n) is 4.86. The zero-order chi connectivity index (χ0) is 20.2. The van der Waals surface area contributed by atoms with Crippen molar-refractivity contribution in [1.82, 2.24) is 4.90 Å². The van der Waals surface area contributed by atoms with Gasteiger partial charge in [-0.15, -0.1) is 0 Å². The Morgan fingerprint density at radius 3 is 2.48 bits per heavy atom. The average molecular weight is 412 g/mol. The highest BCUT2D eigenvalue weighted by Crippen LogP contribution is 2.33. The second-order valence-corrected chi connectivity index (χ2v) is 7.74. The molecule has 2 heterocycles. The van der Waals surface area contributed by atoms with E-state index in [0.29, 0.717) is 11.5 Å². The van der Waals surface area contributed by atoms with Gasteiger partial charge in [0.15, 0.2) is 5.17 Å². The van der Waals surface area contributed by atoms with Gasteiger partial charge in [0.2, 0.25) is 0 Å². The van der Waals surface area contributed by atoms with Crippen LogP contribution in [0.3, 0.4) is 0 Å². The van der Waals surface area contributed by atoms with Crippen LogP contribution >= 0.6 is 11.8 Å². The first kappa shape index (κ1) is 19.5. The smallest absolute Gasteiger partial charge is 0.286 e. The van der Waals surface area contributed by atoms with E-state index in [2.05, 4.69) is 14.8 Å². The molecule has 0 spiro atoms. The minimum atomic E-state index is -0.229. The van der Waals surface area contributed by atoms with E-state index in [4.69, 9.17) is 4.74 Å². The number of amides is 1. The molecule has 29 heavy (non-hydrogen) atoms. The number of piperazine rings is 1. The van der Waals surface area contributed by atoms with Crippen LogP contribution in [0.1, 0.15) is 12.5 Å². The molecule has 150 valence electrons. The van der Waals surface area contributed by atoms with Crippen LogP contribution in [0.2, 0.25) is 0 Å². The fourth-order valence-electron chi connectivity index (χ4n) is 3.37. The Bertz CT molecular complexity index is 951. The number of hydrogen-bond donors (Lipinski definition) is 0. The lowest BCUT2D eigenvalue weighted by Gasteiger charge is -2.36. The number of para-hydroxylation sites is 1. The van der Waals surface area contributed by atoms with Gasteiger partial charge in [0.05, 0.1) is 11.5 Å². The molecule has 0 atom stereocenters. The summed E-state index contributed by atoms with van der Waals surface area (Å²) in [7, 11) is 0. The van der Waals surface area contributed by atoms with Gasteiger partial charge in [0.1, 0.15) is 11.6 Å². The van der Waals surface area contributed by atoms with E-state index in [1.807, 2.05) is 37.3 Å². The van der Waals surface area contributed by atoms with Gasteiger partial charge in [0, 0.05) is 37.4 Å². The van der Waals surface area contributed by atoms with Gasteiger partial charge in [-0.05, 0) is 55.1 Å². The summed E-state index contributed by atoms with van der Waals surface area (Å²) >= 11 is 1.41. The topological polar surface area (TPSA) is 45.1 Å². The van der Waals surface area contributed by atoms with E-state index in [1.54, 1.807) is 12.1 Å². The molecule has 2 aromatic carbocycles. The molecule has 7 heteroatoms. The first-order valence-corrected chi connectivity index (χ1v) is 10.5. The highest BCUT2D eigenvalue weighted by atomic mass is 32.2. The largest absolute Gasteiger partial charge is 0.493 e. The van der Waals surface area contributed by atoms with E-state index in [1.165, 1.54) is 23.9 Å². The van der Waals surface area contributed by atoms with E-state index in [-0.39, 0.29) is 11.7 Å². The molecule has 2 aliphatic heterocycles. The Morgan fingerprint density at radius 2 is 1.76 bits per heavy atom. The first-order valence-electron chi connectivity index (χ1n) is 9.64. The summed E-state index contributed by atoms with van der Waals surface area (Å²) in [5, 5.41) is 0.744. The Balaban J connectivity index is 1.41. The molecule has 1 amide bonds. The van der Waals surface area contributed by atoms with E-state index < -0.39 is 0 Å². The van der Waals surface area contributed by atoms with Crippen molar-refractivity contribution in [3.63, 3.8) is 0 Å². The number of anilines is 1.